The van der Waals surface area contributed by atoms with Crippen LogP contribution in [0.3, 0.4) is 0 Å². The van der Waals surface area contributed by atoms with Crippen LogP contribution >= 0.6 is 23.4 Å². The van der Waals surface area contributed by atoms with Crippen molar-refractivity contribution >= 4 is 35.0 Å². The molecule has 0 bridgehead atoms. The summed E-state index contributed by atoms with van der Waals surface area (Å²) in [5.41, 5.74) is -0.921. The van der Waals surface area contributed by atoms with Gasteiger partial charge in [0.2, 0.25) is 5.91 Å². The van der Waals surface area contributed by atoms with Crippen molar-refractivity contribution in [3.05, 3.63) is 52.9 Å². The number of carbonyl (C=O) groups excluding carboxylic acids is 1. The van der Waals surface area contributed by atoms with E-state index in [0.29, 0.717) is 5.75 Å². The smallest absolute Gasteiger partial charge is 0.416 e. The van der Waals surface area contributed by atoms with E-state index in [1.54, 1.807) is 12.1 Å². The molecule has 1 heterocycles. The molecule has 22 heavy (non-hydrogen) atoms. The van der Waals surface area contributed by atoms with Crippen LogP contribution in [0.25, 0.3) is 0 Å². The third-order valence-corrected chi connectivity index (χ3v) is 3.91. The van der Waals surface area contributed by atoms with Gasteiger partial charge in [0.1, 0.15) is 5.76 Å². The number of benzene rings is 1. The van der Waals surface area contributed by atoms with E-state index in [4.69, 9.17) is 16.0 Å². The molecular formula is C14H11ClF3NO2S. The Balaban J connectivity index is 1.93. The topological polar surface area (TPSA) is 42.2 Å². The second kappa shape index (κ2) is 7.11. The summed E-state index contributed by atoms with van der Waals surface area (Å²) in [4.78, 5) is 11.8. The minimum Gasteiger partial charge on any atom is -0.468 e. The molecule has 0 atom stereocenters. The molecule has 0 aliphatic carbocycles. The van der Waals surface area contributed by atoms with Gasteiger partial charge in [0, 0.05) is 0 Å². The van der Waals surface area contributed by atoms with Gasteiger partial charge in [-0.2, -0.15) is 13.2 Å². The van der Waals surface area contributed by atoms with Crippen LogP contribution in [-0.4, -0.2) is 11.7 Å². The van der Waals surface area contributed by atoms with Gasteiger partial charge in [-0.15, -0.1) is 11.8 Å². The van der Waals surface area contributed by atoms with Gasteiger partial charge in [-0.05, 0) is 30.3 Å². The Labute approximate surface area is 133 Å². The van der Waals surface area contributed by atoms with Crippen molar-refractivity contribution in [2.24, 2.45) is 0 Å². The Morgan fingerprint density at radius 3 is 2.73 bits per heavy atom. The predicted octanol–water partition coefficient (Wildman–Crippen LogP) is 4.82. The van der Waals surface area contributed by atoms with Gasteiger partial charge in [-0.1, -0.05) is 11.6 Å². The molecule has 0 saturated carbocycles. The molecule has 0 saturated heterocycles. The van der Waals surface area contributed by atoms with Crippen molar-refractivity contribution in [2.75, 3.05) is 11.1 Å². The number of nitrogens with one attached hydrogen (secondary N) is 1. The summed E-state index contributed by atoms with van der Waals surface area (Å²) >= 11 is 7.08. The first-order valence-electron chi connectivity index (χ1n) is 6.13. The number of furan rings is 1. The fraction of sp³-hybridized carbons (Fsp3) is 0.214. The van der Waals surface area contributed by atoms with Gasteiger partial charge in [-0.25, -0.2) is 0 Å². The summed E-state index contributed by atoms with van der Waals surface area (Å²) in [5.74, 6) is 0.858. The van der Waals surface area contributed by atoms with Gasteiger partial charge in [0.15, 0.2) is 0 Å². The number of carbonyl (C=O) groups is 1. The molecule has 0 fully saturated rings. The number of anilines is 1. The summed E-state index contributed by atoms with van der Waals surface area (Å²) < 4.78 is 43.0. The summed E-state index contributed by atoms with van der Waals surface area (Å²) in [6.07, 6.45) is -2.96. The van der Waals surface area contributed by atoms with Crippen molar-refractivity contribution in [2.45, 2.75) is 11.9 Å². The molecule has 1 aromatic carbocycles. The number of thioether (sulfide) groups is 1. The van der Waals surface area contributed by atoms with Crippen LogP contribution in [-0.2, 0) is 16.7 Å². The quantitative estimate of drug-likeness (QED) is 0.841. The maximum Gasteiger partial charge on any atom is 0.416 e. The van der Waals surface area contributed by atoms with Gasteiger partial charge >= 0.3 is 6.18 Å². The standard InChI is InChI=1S/C14H11ClF3NO2S/c15-11-4-3-9(14(16,17)18)6-12(11)19-13(20)8-22-7-10-2-1-5-21-10/h1-6H,7-8H2,(H,19,20). The average molecular weight is 350 g/mol. The average Bonchev–Trinajstić information content (AvgIpc) is 2.93. The number of hydrogen-bond acceptors (Lipinski definition) is 3. The maximum atomic E-state index is 12.6. The largest absolute Gasteiger partial charge is 0.468 e. The molecule has 0 aliphatic heterocycles. The second-order valence-corrected chi connectivity index (χ2v) is 5.71. The number of amides is 1. The predicted molar refractivity (Wildman–Crippen MR) is 80.0 cm³/mol. The lowest BCUT2D eigenvalue weighted by Gasteiger charge is -2.11. The SMILES string of the molecule is O=C(CSCc1ccco1)Nc1cc(C(F)(F)F)ccc1Cl. The maximum absolute atomic E-state index is 12.6. The molecular weight excluding hydrogens is 339 g/mol. The molecule has 2 rings (SSSR count). The van der Waals surface area contributed by atoms with Crippen LogP contribution in [0.15, 0.2) is 41.0 Å². The molecule has 1 amide bonds. The Morgan fingerprint density at radius 2 is 2.09 bits per heavy atom. The molecule has 1 N–H and O–H groups in total. The van der Waals surface area contributed by atoms with E-state index in [-0.39, 0.29) is 16.5 Å². The summed E-state index contributed by atoms with van der Waals surface area (Å²) in [6, 6.07) is 6.30. The van der Waals surface area contributed by atoms with Crippen LogP contribution in [0, 0.1) is 0 Å². The number of halogens is 4. The minimum absolute atomic E-state index is 0.0531. The van der Waals surface area contributed by atoms with Crippen molar-refractivity contribution < 1.29 is 22.4 Å². The van der Waals surface area contributed by atoms with E-state index >= 15 is 0 Å². The van der Waals surface area contributed by atoms with Gasteiger partial charge in [0.05, 0.1) is 34.0 Å². The highest BCUT2D eigenvalue weighted by Gasteiger charge is 2.31. The van der Waals surface area contributed by atoms with Gasteiger partial charge in [-0.3, -0.25) is 4.79 Å². The Bertz CT molecular complexity index is 644. The number of rotatable bonds is 5. The van der Waals surface area contributed by atoms with E-state index in [1.165, 1.54) is 18.0 Å². The van der Waals surface area contributed by atoms with Crippen LogP contribution in [0.2, 0.25) is 5.02 Å². The van der Waals surface area contributed by atoms with Crippen molar-refractivity contribution in [3.8, 4) is 0 Å². The molecule has 0 aliphatic rings. The highest BCUT2D eigenvalue weighted by molar-refractivity contribution is 7.99. The van der Waals surface area contributed by atoms with E-state index < -0.39 is 17.6 Å². The lowest BCUT2D eigenvalue weighted by atomic mass is 10.2. The zero-order chi connectivity index (χ0) is 16.2. The minimum atomic E-state index is -4.49. The molecule has 118 valence electrons. The summed E-state index contributed by atoms with van der Waals surface area (Å²) in [5, 5.41) is 2.43. The molecule has 8 heteroatoms. The number of alkyl halides is 3. The van der Waals surface area contributed by atoms with Gasteiger partial charge < -0.3 is 9.73 Å². The Kier molecular flexibility index (Phi) is 5.42. The lowest BCUT2D eigenvalue weighted by molar-refractivity contribution is -0.137. The first kappa shape index (κ1) is 16.8. The third-order valence-electron chi connectivity index (χ3n) is 2.63. The molecule has 0 unspecified atom stereocenters. The van der Waals surface area contributed by atoms with Gasteiger partial charge in [0.25, 0.3) is 0 Å². The monoisotopic (exact) mass is 349 g/mol. The van der Waals surface area contributed by atoms with Crippen molar-refractivity contribution in [3.63, 3.8) is 0 Å². The normalized spacial score (nSPS) is 11.5. The highest BCUT2D eigenvalue weighted by atomic mass is 35.5. The lowest BCUT2D eigenvalue weighted by Crippen LogP contribution is -2.15. The highest BCUT2D eigenvalue weighted by Crippen LogP contribution is 2.33. The van der Waals surface area contributed by atoms with E-state index in [2.05, 4.69) is 5.32 Å². The molecule has 0 radical (unpaired) electrons. The van der Waals surface area contributed by atoms with E-state index in [1.807, 2.05) is 0 Å². The van der Waals surface area contributed by atoms with Crippen molar-refractivity contribution in [1.29, 1.82) is 0 Å². The zero-order valence-corrected chi connectivity index (χ0v) is 12.7. The first-order valence-corrected chi connectivity index (χ1v) is 7.66. The van der Waals surface area contributed by atoms with Crippen molar-refractivity contribution in [1.82, 2.24) is 0 Å². The van der Waals surface area contributed by atoms with E-state index in [9.17, 15) is 18.0 Å². The zero-order valence-electron chi connectivity index (χ0n) is 11.1. The Hall–Kier alpha value is -1.60. The summed E-state index contributed by atoms with van der Waals surface area (Å²) in [6.45, 7) is 0. The fourth-order valence-electron chi connectivity index (χ4n) is 1.62. The third kappa shape index (κ3) is 4.71. The Morgan fingerprint density at radius 1 is 1.32 bits per heavy atom. The van der Waals surface area contributed by atoms with Crippen LogP contribution < -0.4 is 5.32 Å². The van der Waals surface area contributed by atoms with Crippen LogP contribution in [0.1, 0.15) is 11.3 Å². The molecule has 2 aromatic rings. The first-order chi connectivity index (χ1) is 10.4. The van der Waals surface area contributed by atoms with E-state index in [0.717, 1.165) is 24.0 Å². The van der Waals surface area contributed by atoms with Crippen LogP contribution in [0.5, 0.6) is 0 Å². The summed E-state index contributed by atoms with van der Waals surface area (Å²) in [7, 11) is 0. The van der Waals surface area contributed by atoms with Crippen LogP contribution in [0.4, 0.5) is 18.9 Å². The molecule has 3 nitrogen and oxygen atoms in total. The fourth-order valence-corrected chi connectivity index (χ4v) is 2.51. The molecule has 0 spiro atoms. The number of hydrogen-bond donors (Lipinski definition) is 1. The second-order valence-electron chi connectivity index (χ2n) is 4.31. The molecule has 1 aromatic heterocycles.